The van der Waals surface area contributed by atoms with Crippen LogP contribution >= 0.6 is 0 Å². The van der Waals surface area contributed by atoms with Crippen LogP contribution in [0.4, 0.5) is 4.79 Å². The number of nitrogens with zero attached hydrogens (tertiary/aromatic N) is 4. The Morgan fingerprint density at radius 2 is 1.76 bits per heavy atom. The Morgan fingerprint density at radius 3 is 2.39 bits per heavy atom. The molecule has 38 heavy (non-hydrogen) atoms. The summed E-state index contributed by atoms with van der Waals surface area (Å²) in [6.45, 7) is 2.77. The van der Waals surface area contributed by atoms with E-state index in [2.05, 4.69) is 5.32 Å². The number of rotatable bonds is 9. The van der Waals surface area contributed by atoms with E-state index in [0.717, 1.165) is 16.9 Å². The van der Waals surface area contributed by atoms with Gasteiger partial charge in [-0.25, -0.2) is 14.8 Å². The number of carbonyl (C=O) groups excluding carboxylic acids is 3. The molecule has 4 rings (SSSR count). The van der Waals surface area contributed by atoms with Crippen molar-refractivity contribution in [2.75, 3.05) is 33.3 Å². The molecular formula is C27H33N5O6. The first-order valence-corrected chi connectivity index (χ1v) is 12.6. The predicted molar refractivity (Wildman–Crippen MR) is 138 cm³/mol. The normalized spacial score (nSPS) is 19.8. The number of ether oxygens (including phenoxy) is 1. The predicted octanol–water partition coefficient (Wildman–Crippen LogP) is 1.54. The maximum atomic E-state index is 13.5. The molecule has 0 unspecified atom stereocenters. The van der Waals surface area contributed by atoms with Crippen LogP contribution in [0.5, 0.6) is 5.75 Å². The molecule has 2 fully saturated rings. The Hall–Kier alpha value is -4.12. The van der Waals surface area contributed by atoms with E-state index in [1.165, 1.54) is 9.91 Å². The van der Waals surface area contributed by atoms with Gasteiger partial charge in [0.05, 0.1) is 26.6 Å². The highest BCUT2D eigenvalue weighted by atomic mass is 16.5. The molecule has 0 saturated carbocycles. The van der Waals surface area contributed by atoms with E-state index in [-0.39, 0.29) is 25.5 Å². The van der Waals surface area contributed by atoms with Crippen LogP contribution in [0.25, 0.3) is 0 Å². The van der Waals surface area contributed by atoms with Crippen LogP contribution in [0.1, 0.15) is 24.5 Å². The highest BCUT2D eigenvalue weighted by molar-refractivity contribution is 5.93. The van der Waals surface area contributed by atoms with Gasteiger partial charge in [-0.2, -0.15) is 0 Å². The molecule has 2 N–H and O–H groups in total. The number of benzene rings is 2. The average molecular weight is 524 g/mol. The zero-order valence-electron chi connectivity index (χ0n) is 21.6. The molecule has 2 heterocycles. The van der Waals surface area contributed by atoms with Gasteiger partial charge in [0, 0.05) is 19.6 Å². The largest absolute Gasteiger partial charge is 0.497 e. The monoisotopic (exact) mass is 523 g/mol. The summed E-state index contributed by atoms with van der Waals surface area (Å²) < 4.78 is 5.20. The minimum absolute atomic E-state index is 0.0755. The van der Waals surface area contributed by atoms with Crippen LogP contribution in [0.2, 0.25) is 0 Å². The average Bonchev–Trinajstić information content (AvgIpc) is 2.92. The lowest BCUT2D eigenvalue weighted by molar-refractivity contribution is -0.191. The first-order chi connectivity index (χ1) is 18.3. The van der Waals surface area contributed by atoms with E-state index in [4.69, 9.17) is 4.74 Å². The number of carbonyl (C=O) groups is 4. The van der Waals surface area contributed by atoms with Gasteiger partial charge in [0.1, 0.15) is 18.0 Å². The standard InChI is InChI=1S/C27H33N5O6/c1-3-30-18-24(33)31-22(15-25(34)35)26(36)29(14-13-19-9-11-21(38-2)12-10-19)17-23(31)32(30)27(37)28-16-20-7-5-4-6-8-20/h4-12,22-23H,3,13-18H2,1-2H3,(H,28,37)(H,34,35)/t22-,23-/m0/s1. The second kappa shape index (κ2) is 12.0. The number of likely N-dealkylation sites (N-methyl/N-ethyl adjacent to an activating group) is 1. The van der Waals surface area contributed by atoms with E-state index < -0.39 is 36.5 Å². The Kier molecular flexibility index (Phi) is 8.47. The summed E-state index contributed by atoms with van der Waals surface area (Å²) in [6.07, 6.45) is -0.843. The van der Waals surface area contributed by atoms with Crippen molar-refractivity contribution in [3.63, 3.8) is 0 Å². The fourth-order valence-electron chi connectivity index (χ4n) is 4.94. The molecule has 0 aliphatic carbocycles. The molecular weight excluding hydrogens is 490 g/mol. The van der Waals surface area contributed by atoms with Crippen molar-refractivity contribution in [3.8, 4) is 5.75 Å². The molecule has 0 spiro atoms. The van der Waals surface area contributed by atoms with Gasteiger partial charge in [0.15, 0.2) is 0 Å². The van der Waals surface area contributed by atoms with Crippen LogP contribution in [0, 0.1) is 0 Å². The highest BCUT2D eigenvalue weighted by Crippen LogP contribution is 2.28. The number of methoxy groups -OCH3 is 1. The van der Waals surface area contributed by atoms with E-state index in [1.54, 1.807) is 17.0 Å². The SMILES string of the molecule is CCN1CC(=O)N2[C@@H](CC(=O)O)C(=O)N(CCc3ccc(OC)cc3)C[C@@H]2N1C(=O)NCc1ccccc1. The fraction of sp³-hybridized carbons (Fsp3) is 0.407. The first kappa shape index (κ1) is 26.9. The summed E-state index contributed by atoms with van der Waals surface area (Å²) in [5.41, 5.74) is 1.89. The molecule has 0 bridgehead atoms. The zero-order chi connectivity index (χ0) is 27.2. The lowest BCUT2D eigenvalue weighted by atomic mass is 10.0. The van der Waals surface area contributed by atoms with Crippen molar-refractivity contribution in [1.82, 2.24) is 25.1 Å². The van der Waals surface area contributed by atoms with Gasteiger partial charge in [-0.15, -0.1) is 0 Å². The fourth-order valence-corrected chi connectivity index (χ4v) is 4.94. The van der Waals surface area contributed by atoms with Crippen molar-refractivity contribution >= 4 is 23.8 Å². The molecule has 2 aromatic rings. The number of nitrogens with one attached hydrogen (secondary N) is 1. The van der Waals surface area contributed by atoms with Gasteiger partial charge in [0.2, 0.25) is 11.8 Å². The number of hydrogen-bond acceptors (Lipinski definition) is 6. The third kappa shape index (κ3) is 5.88. The van der Waals surface area contributed by atoms with Crippen LogP contribution in [0.3, 0.4) is 0 Å². The Morgan fingerprint density at radius 1 is 1.05 bits per heavy atom. The summed E-state index contributed by atoms with van der Waals surface area (Å²) in [5.74, 6) is -1.28. The van der Waals surface area contributed by atoms with Crippen LogP contribution in [0.15, 0.2) is 54.6 Å². The van der Waals surface area contributed by atoms with E-state index in [1.807, 2.05) is 61.5 Å². The molecule has 2 aliphatic rings. The van der Waals surface area contributed by atoms with Gasteiger partial charge in [0.25, 0.3) is 0 Å². The van der Waals surface area contributed by atoms with Gasteiger partial charge >= 0.3 is 12.0 Å². The molecule has 0 aromatic heterocycles. The van der Waals surface area contributed by atoms with Crippen molar-refractivity contribution in [2.24, 2.45) is 0 Å². The van der Waals surface area contributed by atoms with E-state index in [9.17, 15) is 24.3 Å². The second-order valence-corrected chi connectivity index (χ2v) is 9.25. The summed E-state index contributed by atoms with van der Waals surface area (Å²) in [7, 11) is 1.59. The van der Waals surface area contributed by atoms with Crippen molar-refractivity contribution in [2.45, 2.75) is 38.5 Å². The third-order valence-corrected chi connectivity index (χ3v) is 6.89. The van der Waals surface area contributed by atoms with Crippen LogP contribution < -0.4 is 10.1 Å². The molecule has 0 radical (unpaired) electrons. The summed E-state index contributed by atoms with van der Waals surface area (Å²) in [6, 6.07) is 15.3. The molecule has 11 heteroatoms. The topological polar surface area (TPSA) is 123 Å². The number of amides is 4. The highest BCUT2D eigenvalue weighted by Gasteiger charge is 2.51. The third-order valence-electron chi connectivity index (χ3n) is 6.89. The van der Waals surface area contributed by atoms with Gasteiger partial charge in [-0.3, -0.25) is 14.4 Å². The summed E-state index contributed by atoms with van der Waals surface area (Å²) >= 11 is 0. The molecule has 2 aliphatic heterocycles. The quantitative estimate of drug-likeness (QED) is 0.511. The lowest BCUT2D eigenvalue weighted by Crippen LogP contribution is -2.76. The van der Waals surface area contributed by atoms with Crippen molar-refractivity contribution in [1.29, 1.82) is 0 Å². The van der Waals surface area contributed by atoms with Crippen LogP contribution in [-0.2, 0) is 27.3 Å². The van der Waals surface area contributed by atoms with Gasteiger partial charge in [-0.1, -0.05) is 49.4 Å². The van der Waals surface area contributed by atoms with Gasteiger partial charge in [-0.05, 0) is 29.7 Å². The number of hydrogen-bond donors (Lipinski definition) is 2. The smallest absolute Gasteiger partial charge is 0.334 e. The lowest BCUT2D eigenvalue weighted by Gasteiger charge is -2.54. The van der Waals surface area contributed by atoms with Crippen molar-refractivity contribution < 1.29 is 29.0 Å². The molecule has 4 amide bonds. The van der Waals surface area contributed by atoms with Gasteiger partial charge < -0.3 is 25.0 Å². The van der Waals surface area contributed by atoms with E-state index >= 15 is 0 Å². The molecule has 2 saturated heterocycles. The number of carboxylic acids is 1. The van der Waals surface area contributed by atoms with Crippen molar-refractivity contribution in [3.05, 3.63) is 65.7 Å². The Labute approximate surface area is 221 Å². The number of piperazine rings is 1. The number of aliphatic carboxylic acids is 1. The Bertz CT molecular complexity index is 1160. The Balaban J connectivity index is 1.58. The minimum atomic E-state index is -1.20. The second-order valence-electron chi connectivity index (χ2n) is 9.25. The molecule has 202 valence electrons. The summed E-state index contributed by atoms with van der Waals surface area (Å²) in [4.78, 5) is 54.6. The number of urea groups is 1. The molecule has 2 atom stereocenters. The van der Waals surface area contributed by atoms with E-state index in [0.29, 0.717) is 19.5 Å². The van der Waals surface area contributed by atoms with Crippen LogP contribution in [-0.4, -0.2) is 94.2 Å². The molecule has 11 nitrogen and oxygen atoms in total. The summed E-state index contributed by atoms with van der Waals surface area (Å²) in [5, 5.41) is 15.6. The number of fused-ring (bicyclic) bond motifs is 1. The maximum absolute atomic E-state index is 13.5. The number of hydrazine groups is 1. The minimum Gasteiger partial charge on any atom is -0.497 e. The molecule has 2 aromatic carbocycles. The maximum Gasteiger partial charge on any atom is 0.334 e. The number of carboxylic acid groups (broad SMARTS) is 1. The zero-order valence-corrected chi connectivity index (χ0v) is 21.6. The first-order valence-electron chi connectivity index (χ1n) is 12.6.